The molecule has 815 valence electrons. The Hall–Kier alpha value is -0.106. The van der Waals surface area contributed by atoms with E-state index in [0.29, 0.717) is 46.6 Å². The number of halogens is 14. The number of benzene rings is 2. The minimum Gasteiger partial charge on any atom is -1.00 e. The van der Waals surface area contributed by atoms with Crippen molar-refractivity contribution in [3.63, 3.8) is 0 Å². The molecule has 0 saturated heterocycles. The van der Waals surface area contributed by atoms with Crippen molar-refractivity contribution in [3.05, 3.63) is 245 Å². The molecule has 5 radical (unpaired) electrons. The smallest absolute Gasteiger partial charge is 1.00 e. The zero-order chi connectivity index (χ0) is 109. The summed E-state index contributed by atoms with van der Waals surface area (Å²) in [5.41, 5.74) is 10.3. The van der Waals surface area contributed by atoms with E-state index in [9.17, 15) is 38.4 Å². The monoisotopic (exact) mass is 3400 g/mol. The molecular weight excluding hydrogens is 3260 g/mol. The summed E-state index contributed by atoms with van der Waals surface area (Å²) < 4.78 is 36.5. The van der Waals surface area contributed by atoms with Gasteiger partial charge in [-0.25, -0.2) is 14.4 Å². The topological polar surface area (TPSA) is 357 Å². The number of aromatic nitrogens is 6. The first-order valence-electron chi connectivity index (χ1n) is 46.3. The molecule has 44 heteroatoms. The van der Waals surface area contributed by atoms with Gasteiger partial charge in [0, 0.05) is 173 Å². The zero-order valence-corrected chi connectivity index (χ0v) is 119. The van der Waals surface area contributed by atoms with E-state index in [1.54, 1.807) is 159 Å². The quantitative estimate of drug-likeness (QED) is 0.00613. The number of methoxy groups -OCH3 is 1. The van der Waals surface area contributed by atoms with Gasteiger partial charge in [0.2, 0.25) is 0 Å². The van der Waals surface area contributed by atoms with Crippen molar-refractivity contribution >= 4 is 333 Å². The normalized spacial score (nSPS) is 12.5. The van der Waals surface area contributed by atoms with Gasteiger partial charge in [-0.1, -0.05) is 246 Å². The molecular formula is C103H144BBr6I8N11NaO15V2-2. The van der Waals surface area contributed by atoms with Crippen LogP contribution in [0.2, 0.25) is 0 Å². The van der Waals surface area contributed by atoms with E-state index in [4.69, 9.17) is 34.9 Å². The van der Waals surface area contributed by atoms with Crippen LogP contribution in [0.15, 0.2) is 186 Å². The Kier molecular flexibility index (Phi) is 105. The Bertz CT molecular complexity index is 4650. The summed E-state index contributed by atoms with van der Waals surface area (Å²) in [7, 11) is 2.61. The molecule has 0 unspecified atom stereocenters. The minimum atomic E-state index is -1.06. The van der Waals surface area contributed by atoms with Gasteiger partial charge in [0.15, 0.2) is 0 Å². The summed E-state index contributed by atoms with van der Waals surface area (Å²) in [5, 5.41) is 21.3. The van der Waals surface area contributed by atoms with Crippen molar-refractivity contribution in [1.82, 2.24) is 50.3 Å². The molecule has 3 fully saturated rings. The van der Waals surface area contributed by atoms with E-state index in [2.05, 4.69) is 374 Å². The molecule has 0 bridgehead atoms. The van der Waals surface area contributed by atoms with Crippen molar-refractivity contribution in [2.45, 2.75) is 271 Å². The number of ether oxygens (including phenoxy) is 5. The Morgan fingerprint density at radius 3 is 1.21 bits per heavy atom. The van der Waals surface area contributed by atoms with Gasteiger partial charge in [-0.3, -0.25) is 68.2 Å². The molecule has 26 nitrogen and oxygen atoms in total. The number of amides is 5. The SMILES string of the molecule is Brc1cncc(CNCC2CCCC2)c1.CC(C)(C)OC(=O)N(Cc1cncc(Br)c1)CC1CCCC1.CC(C)(C)OC(=O)OC(=O)OC(C)(C)C.CCC.CCC(I)(I)I.CCC(I)I.CCCI.CC[CH-]I.CO.COc1cncc(Br)c1.C[CH-]I.NCc1cncc(Br)c1.O=C1NC(=O)c2ccccc21.O=C1c2ccccc2C(=O)N1Cc1cncc(Br)c1.O=CC1CCCC1.OCc1cncc(Br)c1.[B].[H-].[Na+].[V].[V]. The van der Waals surface area contributed by atoms with Crippen LogP contribution in [0.1, 0.15) is 291 Å². The molecule has 0 atom stereocenters. The number of fused-ring (bicyclic) bond motifs is 2. The third-order valence-electron chi connectivity index (χ3n) is 17.8. The van der Waals surface area contributed by atoms with E-state index in [0.717, 1.165) is 109 Å². The number of nitrogens with zero attached hydrogens (tertiary/aromatic N) is 8. The fourth-order valence-electron chi connectivity index (χ4n) is 11.5. The summed E-state index contributed by atoms with van der Waals surface area (Å²) >= 11 is 38.7. The molecule has 6 aromatic heterocycles. The number of nitrogens with one attached hydrogen (secondary N) is 2. The number of carbonyl (C=O) groups excluding carboxylic acids is 8. The molecule has 8 heterocycles. The van der Waals surface area contributed by atoms with Gasteiger partial charge in [-0.15, -0.1) is 0 Å². The summed E-state index contributed by atoms with van der Waals surface area (Å²) in [4.78, 5) is 118. The second-order valence-corrected chi connectivity index (χ2v) is 59.8. The van der Waals surface area contributed by atoms with Gasteiger partial charge in [0.1, 0.15) is 28.3 Å². The molecule has 8 aromatic rings. The van der Waals surface area contributed by atoms with Crippen LogP contribution < -0.4 is 50.7 Å². The fraction of sp³-hybridized carbons (Fsp3) is 0.495. The second kappa shape index (κ2) is 96.8. The van der Waals surface area contributed by atoms with Crippen LogP contribution in [-0.4, -0.2) is 157 Å². The molecule has 5 aliphatic rings. The van der Waals surface area contributed by atoms with Crippen LogP contribution in [0.25, 0.3) is 0 Å². The number of hydrogen-bond donors (Lipinski definition) is 5. The first-order chi connectivity index (χ1) is 67.5. The summed E-state index contributed by atoms with van der Waals surface area (Å²) in [6.45, 7) is 34.9. The van der Waals surface area contributed by atoms with E-state index in [1.165, 1.54) is 111 Å². The number of carbonyl (C=O) groups is 8. The molecule has 3 aliphatic carbocycles. The van der Waals surface area contributed by atoms with Crippen molar-refractivity contribution in [2.24, 2.45) is 23.5 Å². The number of aliphatic hydroxyl groups is 2. The largest absolute Gasteiger partial charge is 1.00 e. The number of pyridine rings is 6. The fourth-order valence-corrected chi connectivity index (χ4v) is 13.9. The number of hydrogen-bond acceptors (Lipinski definition) is 23. The number of alkyl halides is 6. The summed E-state index contributed by atoms with van der Waals surface area (Å²) in [6, 6.07) is 25.2. The van der Waals surface area contributed by atoms with Crippen molar-refractivity contribution in [1.29, 1.82) is 0 Å². The van der Waals surface area contributed by atoms with Gasteiger partial charge in [-0.05, 0) is 327 Å². The maximum atomic E-state index is 12.5. The Labute approximate surface area is 1080 Å². The van der Waals surface area contributed by atoms with E-state index >= 15 is 0 Å². The van der Waals surface area contributed by atoms with E-state index in [1.807, 2.05) is 79.7 Å². The van der Waals surface area contributed by atoms with Crippen LogP contribution in [-0.2, 0) is 93.6 Å². The van der Waals surface area contributed by atoms with Crippen LogP contribution in [0, 0.1) is 26.6 Å². The third-order valence-corrected chi connectivity index (χ3v) is 26.4. The van der Waals surface area contributed by atoms with Gasteiger partial charge in [0.05, 0.1) is 57.2 Å². The van der Waals surface area contributed by atoms with Crippen LogP contribution >= 0.6 is 276 Å². The number of aldehydes is 1. The average molecular weight is 3410 g/mol. The maximum absolute atomic E-state index is 12.5. The zero-order valence-electron chi connectivity index (χ0n) is 88.4. The Morgan fingerprint density at radius 2 is 0.898 bits per heavy atom. The number of rotatable bonds is 18. The molecule has 2 aromatic carbocycles. The van der Waals surface area contributed by atoms with Crippen molar-refractivity contribution in [2.75, 3.05) is 31.7 Å². The van der Waals surface area contributed by atoms with E-state index < -0.39 is 29.1 Å². The molecule has 6 N–H and O–H groups in total. The Balaban J connectivity index is -0.000000243. The van der Waals surface area contributed by atoms with Gasteiger partial charge < -0.3 is 101 Å². The van der Waals surface area contributed by atoms with Gasteiger partial charge in [0.25, 0.3) is 23.6 Å². The molecule has 3 saturated carbocycles. The van der Waals surface area contributed by atoms with Crippen LogP contribution in [0.3, 0.4) is 0 Å². The van der Waals surface area contributed by atoms with Gasteiger partial charge in [-0.2, -0.15) is 13.3 Å². The maximum Gasteiger partial charge on any atom is 1.00 e. The van der Waals surface area contributed by atoms with Crippen LogP contribution in [0.5, 0.6) is 5.75 Å². The first-order valence-corrected chi connectivity index (χ1v) is 60.8. The molecule has 0 spiro atoms. The summed E-state index contributed by atoms with van der Waals surface area (Å²) in [6.07, 6.45) is 41.2. The van der Waals surface area contributed by atoms with E-state index in [-0.39, 0.29) is 119 Å². The molecule has 147 heavy (non-hydrogen) atoms. The minimum absolute atomic E-state index is 0. The molecule has 5 amide bonds. The molecule has 13 rings (SSSR count). The molecule has 2 aliphatic heterocycles. The second-order valence-electron chi connectivity index (χ2n) is 34.0. The third kappa shape index (κ3) is 86.5. The van der Waals surface area contributed by atoms with Gasteiger partial charge >= 0.3 is 48.0 Å². The predicted octanol–water partition coefficient (Wildman–Crippen LogP) is 29.0. The predicted molar refractivity (Wildman–Crippen MR) is 675 cm³/mol. The standard InChI is InChI=1S/C17H25BrN2O2.C14H9BrN2O2.C12H17BrN2.C10H18O5.C8H5NO2.C6H7BrN2.2C6H6BrNO.C6H10O.C3H5I3.C3H6I2.C3H7I.C3H6I.C3H8.C2H4I.CH4O.B.Na.2V.H/c1-17(2,3)22-16(21)20(11-13-6-4-5-7-13)12-14-8-15(18)10-19-9-14;15-10-5-9(6-16-7-10)8-17-13(18)11-3-1-2-4-12(11)14(17)19;13-12-5-11(8-15-9-12)7-14-6-10-3-1-2-4-10;1-9(2,3)14-7(11)13-8(12)15-10(4,5)6;10-7-5-3-1-2-4-6(5)8(11)9-7;7-6-1-5(2-8)3-9-4-6;1-9-6-2-5(7)3-8-4-6;7-6-1-5(4-9)2-8-3-6;7-5-6-3-1-2-4-6;1-2-3(4,5)6;1-2-3(4)5;2*1-2-3-4;1-3-2;1-2-3;1-2;;;;;/h8-10,13H,4-7,11-12H2,1-3H3;1-7H,8H2;5,8-10,14H,1-4,6-7H2;1-6H3;1-4H,(H,9,10,11);1,3-4H,2,8H2;2-4H,1H3;1-3,9H,4H2;5-6H,1-4H2;2H2,1H3;3H,2H2,1H3;2-3H2,1H3;3H,2H2,1H3;3H2,1-2H3;2H,1H3;2H,1H3;;;;;/q;;;;;;;;;;;;-1;;-1;;;+1;;;-1. The average Bonchev–Trinajstić information content (AvgIpc) is 1.63. The van der Waals surface area contributed by atoms with Crippen molar-refractivity contribution < 1.29 is 140 Å². The van der Waals surface area contributed by atoms with Crippen molar-refractivity contribution in [3.8, 4) is 5.75 Å². The number of nitrogens with two attached hydrogens (primary N) is 1. The number of imide groups is 2. The summed E-state index contributed by atoms with van der Waals surface area (Å²) in [5.74, 6) is 1.58. The number of aliphatic hydroxyl groups excluding tert-OH is 2. The Morgan fingerprint density at radius 1 is 0.571 bits per heavy atom. The van der Waals surface area contributed by atoms with Crippen LogP contribution in [0.4, 0.5) is 14.4 Å². The first kappa shape index (κ1) is 160.